The van der Waals surface area contributed by atoms with E-state index in [9.17, 15) is 9.59 Å². The van der Waals surface area contributed by atoms with Crippen LogP contribution < -0.4 is 0 Å². The van der Waals surface area contributed by atoms with Crippen LogP contribution >= 0.6 is 0 Å². The molecule has 1 aromatic carbocycles. The molecule has 21 heavy (non-hydrogen) atoms. The minimum absolute atomic E-state index is 0.373. The first-order valence-electron chi connectivity index (χ1n) is 6.19. The number of nitrogens with zero attached hydrogens (tertiary/aromatic N) is 4. The van der Waals surface area contributed by atoms with E-state index in [-0.39, 0.29) is 5.91 Å². The average molecular weight is 289 g/mol. The van der Waals surface area contributed by atoms with Crippen molar-refractivity contribution in [2.24, 2.45) is 0 Å². The molecule has 2 rings (SSSR count). The molecule has 8 heteroatoms. The van der Waals surface area contributed by atoms with Crippen molar-refractivity contribution in [3.8, 4) is 11.4 Å². The summed E-state index contributed by atoms with van der Waals surface area (Å²) in [6.07, 6.45) is 0. The van der Waals surface area contributed by atoms with E-state index < -0.39 is 11.5 Å². The summed E-state index contributed by atoms with van der Waals surface area (Å²) in [7, 11) is 1.46. The zero-order valence-corrected chi connectivity index (χ0v) is 11.9. The molecule has 0 atom stereocenters. The van der Waals surface area contributed by atoms with Crippen LogP contribution in [0.1, 0.15) is 24.2 Å². The number of carbonyl (C=O) groups excluding carboxylic acids is 1. The highest BCUT2D eigenvalue weighted by atomic mass is 16.4. The van der Waals surface area contributed by atoms with E-state index in [0.717, 1.165) is 0 Å². The minimum Gasteiger partial charge on any atom is -0.480 e. The molecule has 8 nitrogen and oxygen atoms in total. The largest absolute Gasteiger partial charge is 0.480 e. The summed E-state index contributed by atoms with van der Waals surface area (Å²) in [5.74, 6) is -1.02. The number of hydrogen-bond acceptors (Lipinski definition) is 5. The highest BCUT2D eigenvalue weighted by molar-refractivity contribution is 5.97. The Morgan fingerprint density at radius 3 is 2.33 bits per heavy atom. The Morgan fingerprint density at radius 1 is 1.24 bits per heavy atom. The summed E-state index contributed by atoms with van der Waals surface area (Å²) in [5, 5.41) is 22.6. The van der Waals surface area contributed by atoms with E-state index in [2.05, 4.69) is 20.6 Å². The number of benzene rings is 1. The molecule has 1 amide bonds. The van der Waals surface area contributed by atoms with Crippen molar-refractivity contribution in [3.05, 3.63) is 29.8 Å². The molecule has 0 bridgehead atoms. The molecule has 110 valence electrons. The predicted molar refractivity (Wildman–Crippen MR) is 73.4 cm³/mol. The lowest BCUT2D eigenvalue weighted by molar-refractivity contribution is -0.147. The molecule has 0 aliphatic rings. The summed E-state index contributed by atoms with van der Waals surface area (Å²) in [5.41, 5.74) is -0.191. The van der Waals surface area contributed by atoms with Gasteiger partial charge in [-0.15, -0.1) is 10.2 Å². The van der Waals surface area contributed by atoms with Crippen LogP contribution in [0.25, 0.3) is 11.4 Å². The zero-order valence-electron chi connectivity index (χ0n) is 11.9. The number of likely N-dealkylation sites (N-methyl/N-ethyl adjacent to an activating group) is 1. The fourth-order valence-corrected chi connectivity index (χ4v) is 1.64. The van der Waals surface area contributed by atoms with Gasteiger partial charge in [0.2, 0.25) is 5.82 Å². The summed E-state index contributed by atoms with van der Waals surface area (Å²) < 4.78 is 0. The van der Waals surface area contributed by atoms with Crippen molar-refractivity contribution in [1.82, 2.24) is 25.5 Å². The maximum absolute atomic E-state index is 12.3. The molecule has 0 spiro atoms. The fourth-order valence-electron chi connectivity index (χ4n) is 1.64. The van der Waals surface area contributed by atoms with Crippen LogP contribution in [-0.2, 0) is 4.79 Å². The number of amides is 1. The van der Waals surface area contributed by atoms with Gasteiger partial charge in [0.1, 0.15) is 5.54 Å². The Balaban J connectivity index is 2.23. The minimum atomic E-state index is -1.29. The lowest BCUT2D eigenvalue weighted by Gasteiger charge is -2.31. The van der Waals surface area contributed by atoms with Crippen LogP contribution in [0.4, 0.5) is 0 Å². The lowest BCUT2D eigenvalue weighted by Crippen LogP contribution is -2.50. The van der Waals surface area contributed by atoms with Crippen molar-refractivity contribution in [2.75, 3.05) is 7.05 Å². The Morgan fingerprint density at radius 2 is 1.86 bits per heavy atom. The average Bonchev–Trinajstić information content (AvgIpc) is 3.00. The second-order valence-corrected chi connectivity index (χ2v) is 5.04. The molecule has 0 fully saturated rings. The highest BCUT2D eigenvalue weighted by Crippen LogP contribution is 2.19. The first-order chi connectivity index (χ1) is 9.84. The molecule has 2 aromatic rings. The van der Waals surface area contributed by atoms with Crippen LogP contribution in [0.15, 0.2) is 24.3 Å². The molecule has 0 unspecified atom stereocenters. The molecular weight excluding hydrogens is 274 g/mol. The Bertz CT molecular complexity index is 649. The second-order valence-electron chi connectivity index (χ2n) is 5.04. The number of tetrazole rings is 1. The molecule has 1 aromatic heterocycles. The maximum Gasteiger partial charge on any atom is 0.329 e. The monoisotopic (exact) mass is 289 g/mol. The third-order valence-corrected chi connectivity index (χ3v) is 3.40. The number of H-pyrrole nitrogens is 1. The van der Waals surface area contributed by atoms with Gasteiger partial charge < -0.3 is 10.0 Å². The molecule has 2 N–H and O–H groups in total. The van der Waals surface area contributed by atoms with Crippen LogP contribution in [0.2, 0.25) is 0 Å². The van der Waals surface area contributed by atoms with E-state index in [1.165, 1.54) is 25.8 Å². The van der Waals surface area contributed by atoms with Gasteiger partial charge in [-0.05, 0) is 31.2 Å². The SMILES string of the molecule is CN(C(=O)c1ccc(-c2nn[nH]n2)cc1)C(C)(C)C(=O)O. The molecular formula is C13H15N5O3. The van der Waals surface area contributed by atoms with Gasteiger partial charge in [0.15, 0.2) is 0 Å². The van der Waals surface area contributed by atoms with E-state index in [4.69, 9.17) is 5.11 Å². The van der Waals surface area contributed by atoms with Gasteiger partial charge in [-0.2, -0.15) is 5.21 Å². The number of rotatable bonds is 4. The summed E-state index contributed by atoms with van der Waals surface area (Å²) in [6.45, 7) is 2.95. The number of carbonyl (C=O) groups is 2. The lowest BCUT2D eigenvalue weighted by atomic mass is 10.0. The van der Waals surface area contributed by atoms with Gasteiger partial charge in [0, 0.05) is 18.2 Å². The number of carboxylic acid groups (broad SMARTS) is 1. The van der Waals surface area contributed by atoms with Crippen molar-refractivity contribution in [2.45, 2.75) is 19.4 Å². The van der Waals surface area contributed by atoms with Crippen LogP contribution in [0, 0.1) is 0 Å². The highest BCUT2D eigenvalue weighted by Gasteiger charge is 2.35. The topological polar surface area (TPSA) is 112 Å². The number of hydrogen-bond donors (Lipinski definition) is 2. The first kappa shape index (κ1) is 14.6. The van der Waals surface area contributed by atoms with Crippen molar-refractivity contribution in [3.63, 3.8) is 0 Å². The van der Waals surface area contributed by atoms with Crippen LogP contribution in [0.3, 0.4) is 0 Å². The molecule has 0 saturated carbocycles. The van der Waals surface area contributed by atoms with E-state index in [1.807, 2.05) is 0 Å². The number of aliphatic carboxylic acids is 1. The Hall–Kier alpha value is -2.77. The van der Waals surface area contributed by atoms with Gasteiger partial charge in [0.05, 0.1) is 0 Å². The second kappa shape index (κ2) is 5.31. The van der Waals surface area contributed by atoms with Crippen molar-refractivity contribution >= 4 is 11.9 Å². The first-order valence-corrected chi connectivity index (χ1v) is 6.19. The third-order valence-electron chi connectivity index (χ3n) is 3.40. The van der Waals surface area contributed by atoms with Gasteiger partial charge in [-0.3, -0.25) is 4.79 Å². The fraction of sp³-hybridized carbons (Fsp3) is 0.308. The van der Waals surface area contributed by atoms with Crippen LogP contribution in [0.5, 0.6) is 0 Å². The molecule has 0 radical (unpaired) electrons. The maximum atomic E-state index is 12.3. The molecule has 0 saturated heterocycles. The van der Waals surface area contributed by atoms with Crippen molar-refractivity contribution < 1.29 is 14.7 Å². The number of nitrogens with one attached hydrogen (secondary N) is 1. The number of aromatic amines is 1. The third kappa shape index (κ3) is 2.73. The molecule has 0 aliphatic carbocycles. The van der Waals surface area contributed by atoms with Gasteiger partial charge in [0.25, 0.3) is 5.91 Å². The standard InChI is InChI=1S/C13H15N5O3/c1-13(2,12(20)21)18(3)11(19)9-6-4-8(5-7-9)10-14-16-17-15-10/h4-7H,1-3H3,(H,20,21)(H,14,15,16,17). The smallest absolute Gasteiger partial charge is 0.329 e. The normalized spacial score (nSPS) is 11.2. The van der Waals surface area contributed by atoms with E-state index in [1.54, 1.807) is 24.3 Å². The number of carboxylic acids is 1. The summed E-state index contributed by atoms with van der Waals surface area (Å²) in [6, 6.07) is 6.56. The molecule has 1 heterocycles. The van der Waals surface area contributed by atoms with E-state index >= 15 is 0 Å². The predicted octanol–water partition coefficient (Wildman–Crippen LogP) is 0.802. The van der Waals surface area contributed by atoms with Crippen LogP contribution in [-0.4, -0.2) is 55.1 Å². The van der Waals surface area contributed by atoms with Gasteiger partial charge in [-0.1, -0.05) is 12.1 Å². The Labute approximate surface area is 120 Å². The van der Waals surface area contributed by atoms with E-state index in [0.29, 0.717) is 17.0 Å². The zero-order chi connectivity index (χ0) is 15.6. The summed E-state index contributed by atoms with van der Waals surface area (Å²) in [4.78, 5) is 24.7. The quantitative estimate of drug-likeness (QED) is 0.861. The molecule has 0 aliphatic heterocycles. The number of aromatic nitrogens is 4. The van der Waals surface area contributed by atoms with Gasteiger partial charge >= 0.3 is 5.97 Å². The Kier molecular flexibility index (Phi) is 3.70. The summed E-state index contributed by atoms with van der Waals surface area (Å²) >= 11 is 0. The van der Waals surface area contributed by atoms with Crippen molar-refractivity contribution in [1.29, 1.82) is 0 Å². The van der Waals surface area contributed by atoms with Gasteiger partial charge in [-0.25, -0.2) is 4.79 Å².